The van der Waals surface area contributed by atoms with E-state index in [1.165, 1.54) is 46.1 Å². The molecule has 0 bridgehead atoms. The number of benzene rings is 1. The van der Waals surface area contributed by atoms with Crippen molar-refractivity contribution in [3.8, 4) is 5.75 Å². The van der Waals surface area contributed by atoms with Gasteiger partial charge in [-0.25, -0.2) is 9.78 Å². The number of aromatic nitrogens is 2. The topological polar surface area (TPSA) is 69.9 Å². The zero-order chi connectivity index (χ0) is 18.0. The molecule has 0 amide bonds. The summed E-state index contributed by atoms with van der Waals surface area (Å²) in [6, 6.07) is 6.42. The van der Waals surface area contributed by atoms with Crippen LogP contribution in [0.5, 0.6) is 5.75 Å². The Morgan fingerprint density at radius 3 is 2.72 bits per heavy atom. The number of ether oxygens (including phenoxy) is 2. The first-order valence-corrected chi connectivity index (χ1v) is 8.01. The Morgan fingerprint density at radius 1 is 1.32 bits per heavy atom. The van der Waals surface area contributed by atoms with E-state index in [9.17, 15) is 18.4 Å². The molecule has 0 N–H and O–H groups in total. The molecule has 2 aromatic heterocycles. The number of fused-ring (bicyclic) bond motifs is 1. The van der Waals surface area contributed by atoms with Crippen molar-refractivity contribution in [1.82, 2.24) is 9.38 Å². The Labute approximate surface area is 144 Å². The normalized spacial score (nSPS) is 11.0. The van der Waals surface area contributed by atoms with Crippen LogP contribution in [-0.2, 0) is 11.3 Å². The van der Waals surface area contributed by atoms with Crippen molar-refractivity contribution in [3.05, 3.63) is 63.0 Å². The summed E-state index contributed by atoms with van der Waals surface area (Å²) in [4.78, 5) is 28.8. The highest BCUT2D eigenvalue weighted by Gasteiger charge is 2.11. The van der Waals surface area contributed by atoms with E-state index < -0.39 is 12.6 Å². The van der Waals surface area contributed by atoms with Crippen LogP contribution in [0.1, 0.15) is 21.7 Å². The molecule has 0 fully saturated rings. The molecule has 3 aromatic rings. The minimum atomic E-state index is -2.93. The van der Waals surface area contributed by atoms with E-state index in [-0.39, 0.29) is 23.5 Å². The highest BCUT2D eigenvalue weighted by Crippen LogP contribution is 2.16. The van der Waals surface area contributed by atoms with Crippen LogP contribution in [0.15, 0.2) is 40.5 Å². The van der Waals surface area contributed by atoms with Crippen LogP contribution in [-0.4, -0.2) is 22.0 Å². The zero-order valence-electron chi connectivity index (χ0n) is 12.9. The first-order valence-electron chi connectivity index (χ1n) is 7.13. The summed E-state index contributed by atoms with van der Waals surface area (Å²) in [6.07, 6.45) is 0. The summed E-state index contributed by atoms with van der Waals surface area (Å²) in [7, 11) is 0. The molecule has 130 valence electrons. The summed E-state index contributed by atoms with van der Waals surface area (Å²) in [5.74, 6) is -0.715. The van der Waals surface area contributed by atoms with Gasteiger partial charge in [0.15, 0.2) is 4.96 Å². The molecule has 25 heavy (non-hydrogen) atoms. The second-order valence-electron chi connectivity index (χ2n) is 5.06. The molecule has 1 aromatic carbocycles. The molecule has 2 heterocycles. The number of alkyl halides is 2. The second kappa shape index (κ2) is 6.98. The Hall–Kier alpha value is -2.81. The first-order chi connectivity index (χ1) is 11.9. The number of carbonyl (C=O) groups is 1. The molecular weight excluding hydrogens is 354 g/mol. The predicted octanol–water partition coefficient (Wildman–Crippen LogP) is 3.02. The summed E-state index contributed by atoms with van der Waals surface area (Å²) < 4.78 is 35.0. The van der Waals surface area contributed by atoms with Gasteiger partial charge in [-0.1, -0.05) is 0 Å². The average molecular weight is 366 g/mol. The Bertz CT molecular complexity index is 966. The number of nitrogens with zero attached hydrogens (tertiary/aromatic N) is 2. The summed E-state index contributed by atoms with van der Waals surface area (Å²) in [5, 5.41) is 1.81. The van der Waals surface area contributed by atoms with Gasteiger partial charge >= 0.3 is 12.6 Å². The summed E-state index contributed by atoms with van der Waals surface area (Å²) >= 11 is 1.32. The first kappa shape index (κ1) is 17.0. The number of aryl methyl sites for hydroxylation is 1. The lowest BCUT2D eigenvalue weighted by atomic mass is 10.2. The maximum atomic E-state index is 12.1. The van der Waals surface area contributed by atoms with E-state index in [4.69, 9.17) is 4.74 Å². The van der Waals surface area contributed by atoms with Crippen LogP contribution in [0, 0.1) is 6.92 Å². The van der Waals surface area contributed by atoms with Gasteiger partial charge in [0.25, 0.3) is 5.56 Å². The van der Waals surface area contributed by atoms with Crippen LogP contribution in [0.3, 0.4) is 0 Å². The zero-order valence-corrected chi connectivity index (χ0v) is 13.8. The summed E-state index contributed by atoms with van der Waals surface area (Å²) in [5.41, 5.74) is 1.04. The third-order valence-electron chi connectivity index (χ3n) is 3.29. The number of rotatable bonds is 5. The smallest absolute Gasteiger partial charge is 0.387 e. The van der Waals surface area contributed by atoms with E-state index in [0.717, 1.165) is 5.69 Å². The van der Waals surface area contributed by atoms with Crippen molar-refractivity contribution in [2.45, 2.75) is 20.1 Å². The van der Waals surface area contributed by atoms with Gasteiger partial charge in [0.05, 0.1) is 11.3 Å². The van der Waals surface area contributed by atoms with E-state index in [2.05, 4.69) is 9.72 Å². The molecular formula is C16H12F2N2O4S. The number of esters is 1. The highest BCUT2D eigenvalue weighted by atomic mass is 32.1. The Balaban J connectivity index is 1.69. The number of halogens is 2. The number of hydrogen-bond donors (Lipinski definition) is 0. The van der Waals surface area contributed by atoms with Gasteiger partial charge in [-0.05, 0) is 31.2 Å². The summed E-state index contributed by atoms with van der Waals surface area (Å²) in [6.45, 7) is -1.30. The Kier molecular flexibility index (Phi) is 4.75. The predicted molar refractivity (Wildman–Crippen MR) is 86.3 cm³/mol. The van der Waals surface area contributed by atoms with E-state index in [0.29, 0.717) is 10.7 Å². The van der Waals surface area contributed by atoms with Crippen molar-refractivity contribution in [1.29, 1.82) is 0 Å². The van der Waals surface area contributed by atoms with Crippen molar-refractivity contribution in [2.24, 2.45) is 0 Å². The van der Waals surface area contributed by atoms with Gasteiger partial charge in [-0.15, -0.1) is 11.3 Å². The molecule has 6 nitrogen and oxygen atoms in total. The maximum Gasteiger partial charge on any atom is 0.387 e. The second-order valence-corrected chi connectivity index (χ2v) is 5.90. The van der Waals surface area contributed by atoms with Crippen LogP contribution < -0.4 is 10.3 Å². The molecule has 0 aliphatic heterocycles. The maximum absolute atomic E-state index is 12.1. The lowest BCUT2D eigenvalue weighted by molar-refractivity contribution is -0.0498. The van der Waals surface area contributed by atoms with Gasteiger partial charge < -0.3 is 9.47 Å². The SMILES string of the molecule is Cc1csc2nc(COC(=O)c3ccc(OC(F)F)cc3)cc(=O)n12. The van der Waals surface area contributed by atoms with Crippen LogP contribution >= 0.6 is 11.3 Å². The van der Waals surface area contributed by atoms with Crippen molar-refractivity contribution < 1.29 is 23.0 Å². The molecule has 0 aliphatic rings. The molecule has 3 rings (SSSR count). The van der Waals surface area contributed by atoms with E-state index in [1.54, 1.807) is 6.92 Å². The molecule has 0 saturated heterocycles. The molecule has 0 saturated carbocycles. The van der Waals surface area contributed by atoms with Gasteiger partial charge in [0.1, 0.15) is 12.4 Å². The minimum absolute atomic E-state index is 0.0558. The molecule has 0 unspecified atom stereocenters. The fourth-order valence-corrected chi connectivity index (χ4v) is 3.06. The van der Waals surface area contributed by atoms with Crippen LogP contribution in [0.4, 0.5) is 8.78 Å². The monoisotopic (exact) mass is 366 g/mol. The quantitative estimate of drug-likeness (QED) is 0.649. The van der Waals surface area contributed by atoms with Gasteiger partial charge in [0.2, 0.25) is 0 Å². The van der Waals surface area contributed by atoms with Crippen molar-refractivity contribution >= 4 is 22.3 Å². The average Bonchev–Trinajstić information content (AvgIpc) is 2.94. The fraction of sp³-hybridized carbons (Fsp3) is 0.188. The third-order valence-corrected chi connectivity index (χ3v) is 4.24. The van der Waals surface area contributed by atoms with Crippen molar-refractivity contribution in [2.75, 3.05) is 0 Å². The number of carbonyl (C=O) groups excluding carboxylic acids is 1. The lowest BCUT2D eigenvalue weighted by Crippen LogP contribution is -2.16. The van der Waals surface area contributed by atoms with Gasteiger partial charge in [0, 0.05) is 17.1 Å². The standard InChI is InChI=1S/C16H12F2N2O4S/c1-9-8-25-16-19-11(6-13(21)20(9)16)7-23-14(22)10-2-4-12(5-3-10)24-15(17)18/h2-6,8,15H,7H2,1H3. The molecule has 0 atom stereocenters. The molecule has 0 spiro atoms. The Morgan fingerprint density at radius 2 is 2.04 bits per heavy atom. The third kappa shape index (κ3) is 3.82. The van der Waals surface area contributed by atoms with Crippen LogP contribution in [0.2, 0.25) is 0 Å². The molecule has 0 radical (unpaired) electrons. The van der Waals surface area contributed by atoms with Gasteiger partial charge in [-0.2, -0.15) is 8.78 Å². The lowest BCUT2D eigenvalue weighted by Gasteiger charge is -2.07. The van der Waals surface area contributed by atoms with E-state index in [1.807, 2.05) is 5.38 Å². The number of thiazole rings is 1. The van der Waals surface area contributed by atoms with Gasteiger partial charge in [-0.3, -0.25) is 9.20 Å². The molecule has 9 heteroatoms. The fourth-order valence-electron chi connectivity index (χ4n) is 2.17. The van der Waals surface area contributed by atoms with Crippen molar-refractivity contribution in [3.63, 3.8) is 0 Å². The number of hydrogen-bond acceptors (Lipinski definition) is 6. The van der Waals surface area contributed by atoms with E-state index >= 15 is 0 Å². The molecule has 0 aliphatic carbocycles. The minimum Gasteiger partial charge on any atom is -0.456 e. The highest BCUT2D eigenvalue weighted by molar-refractivity contribution is 7.15. The largest absolute Gasteiger partial charge is 0.456 e. The van der Waals surface area contributed by atoms with Crippen LogP contribution in [0.25, 0.3) is 4.96 Å².